The Bertz CT molecular complexity index is 411. The lowest BCUT2D eigenvalue weighted by molar-refractivity contribution is 0.120. The molecule has 0 saturated carbocycles. The first kappa shape index (κ1) is 16.2. The summed E-state index contributed by atoms with van der Waals surface area (Å²) in [6.45, 7) is 2.99. The number of carbonyl (C=O) groups is 1. The van der Waals surface area contributed by atoms with Gasteiger partial charge < -0.3 is 20.1 Å². The average molecular weight is 294 g/mol. The molecule has 112 valence electrons. The van der Waals surface area contributed by atoms with Gasteiger partial charge >= 0.3 is 6.09 Å². The van der Waals surface area contributed by atoms with Gasteiger partial charge in [-0.1, -0.05) is 0 Å². The number of hydrogen-bond acceptors (Lipinski definition) is 6. The smallest absolute Gasteiger partial charge is 0.407 e. The minimum absolute atomic E-state index is 0.0421. The Morgan fingerprint density at radius 1 is 1.47 bits per heavy atom. The number of nitrogens with zero attached hydrogens (tertiary/aromatic N) is 1. The molecular formula is C11H22N2O5S. The van der Waals surface area contributed by atoms with E-state index in [0.29, 0.717) is 19.5 Å². The van der Waals surface area contributed by atoms with Crippen LogP contribution in [0.2, 0.25) is 0 Å². The number of nitrogens with one attached hydrogen (secondary N) is 1. The van der Waals surface area contributed by atoms with Crippen LogP contribution in [0, 0.1) is 0 Å². The maximum absolute atomic E-state index is 11.6. The summed E-state index contributed by atoms with van der Waals surface area (Å²) in [5, 5.41) is 11.3. The maximum Gasteiger partial charge on any atom is 0.407 e. The third-order valence-corrected chi connectivity index (χ3v) is 5.00. The highest BCUT2D eigenvalue weighted by atomic mass is 32.2. The Kier molecular flexibility index (Phi) is 5.57. The highest BCUT2D eigenvalue weighted by molar-refractivity contribution is 7.91. The van der Waals surface area contributed by atoms with E-state index >= 15 is 0 Å². The largest absolute Gasteiger partial charge is 0.448 e. The number of amides is 1. The molecule has 1 fully saturated rings. The highest BCUT2D eigenvalue weighted by Gasteiger charge is 2.39. The van der Waals surface area contributed by atoms with Crippen LogP contribution in [0.4, 0.5) is 4.79 Å². The van der Waals surface area contributed by atoms with Gasteiger partial charge in [0.1, 0.15) is 6.61 Å². The number of aliphatic hydroxyl groups excluding tert-OH is 1. The molecule has 8 heteroatoms. The topological polar surface area (TPSA) is 95.9 Å². The van der Waals surface area contributed by atoms with E-state index in [1.54, 1.807) is 6.92 Å². The molecule has 7 nitrogen and oxygen atoms in total. The molecule has 0 aliphatic carbocycles. The summed E-state index contributed by atoms with van der Waals surface area (Å²) in [5.74, 6) is 0.0581. The molecule has 0 spiro atoms. The van der Waals surface area contributed by atoms with Gasteiger partial charge in [-0.2, -0.15) is 0 Å². The first-order chi connectivity index (χ1) is 8.76. The van der Waals surface area contributed by atoms with Gasteiger partial charge in [-0.05, 0) is 20.4 Å². The number of likely N-dealkylation sites (N-methyl/N-ethyl adjacent to an activating group) is 1. The first-order valence-corrected chi connectivity index (χ1v) is 8.03. The number of ether oxygens (including phenoxy) is 1. The number of sulfone groups is 1. The van der Waals surface area contributed by atoms with Crippen molar-refractivity contribution in [3.63, 3.8) is 0 Å². The lowest BCUT2D eigenvalue weighted by Gasteiger charge is -2.23. The van der Waals surface area contributed by atoms with Crippen LogP contribution in [-0.4, -0.2) is 74.9 Å². The lowest BCUT2D eigenvalue weighted by atomic mass is 10.0. The quantitative estimate of drug-likeness (QED) is 0.667. The van der Waals surface area contributed by atoms with Crippen LogP contribution in [0.1, 0.15) is 13.3 Å². The molecule has 1 heterocycles. The normalized spacial score (nSPS) is 25.5. The van der Waals surface area contributed by atoms with Crippen molar-refractivity contribution in [1.29, 1.82) is 0 Å². The van der Waals surface area contributed by atoms with Crippen molar-refractivity contribution in [3.05, 3.63) is 0 Å². The second-order valence-electron chi connectivity index (χ2n) is 5.19. The average Bonchev–Trinajstić information content (AvgIpc) is 2.52. The predicted octanol–water partition coefficient (Wildman–Crippen LogP) is -0.786. The SMILES string of the molecule is CN(CCO)CCOC(=O)N[C@@]1(C)CCS(=O)(=O)C1. The monoisotopic (exact) mass is 294 g/mol. The summed E-state index contributed by atoms with van der Waals surface area (Å²) in [6.07, 6.45) is -0.188. The molecule has 2 N–H and O–H groups in total. The van der Waals surface area contributed by atoms with Crippen LogP contribution in [-0.2, 0) is 14.6 Å². The van der Waals surface area contributed by atoms with Crippen LogP contribution < -0.4 is 5.32 Å². The number of alkyl carbamates (subject to hydrolysis) is 1. The van der Waals surface area contributed by atoms with E-state index < -0.39 is 21.5 Å². The Morgan fingerprint density at radius 3 is 2.68 bits per heavy atom. The van der Waals surface area contributed by atoms with Crippen LogP contribution in [0.15, 0.2) is 0 Å². The van der Waals surface area contributed by atoms with Crippen molar-refractivity contribution in [3.8, 4) is 0 Å². The third-order valence-electron chi connectivity index (χ3n) is 3.10. The zero-order valence-electron chi connectivity index (χ0n) is 11.4. The van der Waals surface area contributed by atoms with E-state index in [-0.39, 0.29) is 24.7 Å². The first-order valence-electron chi connectivity index (χ1n) is 6.21. The minimum Gasteiger partial charge on any atom is -0.448 e. The number of carbonyl (C=O) groups excluding carboxylic acids is 1. The maximum atomic E-state index is 11.6. The molecule has 0 bridgehead atoms. The summed E-state index contributed by atoms with van der Waals surface area (Å²) < 4.78 is 27.7. The van der Waals surface area contributed by atoms with Crippen LogP contribution >= 0.6 is 0 Å². The highest BCUT2D eigenvalue weighted by Crippen LogP contribution is 2.22. The van der Waals surface area contributed by atoms with Gasteiger partial charge in [0.2, 0.25) is 0 Å². The minimum atomic E-state index is -3.05. The third kappa shape index (κ3) is 5.75. The van der Waals surface area contributed by atoms with Gasteiger partial charge in [-0.3, -0.25) is 0 Å². The second-order valence-corrected chi connectivity index (χ2v) is 7.37. The molecule has 1 aliphatic rings. The zero-order valence-corrected chi connectivity index (χ0v) is 12.2. The molecule has 1 atom stereocenters. The van der Waals surface area contributed by atoms with Gasteiger partial charge in [-0.25, -0.2) is 13.2 Å². The molecule has 1 saturated heterocycles. The van der Waals surface area contributed by atoms with Crippen molar-refractivity contribution in [2.45, 2.75) is 18.9 Å². The molecule has 0 radical (unpaired) electrons. The Balaban J connectivity index is 2.28. The number of rotatable bonds is 6. The molecule has 0 aromatic rings. The lowest BCUT2D eigenvalue weighted by Crippen LogP contribution is -2.47. The van der Waals surface area contributed by atoms with Crippen molar-refractivity contribution in [1.82, 2.24) is 10.2 Å². The molecule has 1 aliphatic heterocycles. The van der Waals surface area contributed by atoms with E-state index in [0.717, 1.165) is 0 Å². The van der Waals surface area contributed by atoms with Crippen molar-refractivity contribution in [2.75, 3.05) is 44.9 Å². The van der Waals surface area contributed by atoms with Crippen molar-refractivity contribution in [2.24, 2.45) is 0 Å². The number of aliphatic hydroxyl groups is 1. The van der Waals surface area contributed by atoms with Crippen molar-refractivity contribution >= 4 is 15.9 Å². The van der Waals surface area contributed by atoms with E-state index in [9.17, 15) is 13.2 Å². The molecular weight excluding hydrogens is 272 g/mol. The fourth-order valence-corrected chi connectivity index (χ4v) is 4.06. The predicted molar refractivity (Wildman–Crippen MR) is 70.7 cm³/mol. The summed E-state index contributed by atoms with van der Waals surface area (Å²) in [6, 6.07) is 0. The van der Waals surface area contributed by atoms with E-state index in [1.807, 2.05) is 11.9 Å². The molecule has 19 heavy (non-hydrogen) atoms. The Hall–Kier alpha value is -0.860. The van der Waals surface area contributed by atoms with E-state index in [4.69, 9.17) is 9.84 Å². The van der Waals surface area contributed by atoms with Gasteiger partial charge in [0, 0.05) is 13.1 Å². The summed E-state index contributed by atoms with van der Waals surface area (Å²) in [4.78, 5) is 13.4. The molecule has 0 aromatic carbocycles. The van der Waals surface area contributed by atoms with Gasteiger partial charge in [0.05, 0.1) is 23.7 Å². The Morgan fingerprint density at radius 2 is 2.16 bits per heavy atom. The number of hydrogen-bond donors (Lipinski definition) is 2. The van der Waals surface area contributed by atoms with Gasteiger partial charge in [0.25, 0.3) is 0 Å². The standard InChI is InChI=1S/C11H22N2O5S/c1-11(3-8-19(16,17)9-11)12-10(15)18-7-5-13(2)4-6-14/h14H,3-9H2,1-2H3,(H,12,15)/t11-/m0/s1. The Labute approximate surface area is 113 Å². The van der Waals surface area contributed by atoms with E-state index in [2.05, 4.69) is 5.32 Å². The molecule has 0 aromatic heterocycles. The molecule has 1 amide bonds. The summed E-state index contributed by atoms with van der Waals surface area (Å²) in [5.41, 5.74) is -0.729. The fraction of sp³-hybridized carbons (Fsp3) is 0.909. The van der Waals surface area contributed by atoms with Crippen LogP contribution in [0.5, 0.6) is 0 Å². The van der Waals surface area contributed by atoms with Gasteiger partial charge in [0.15, 0.2) is 9.84 Å². The van der Waals surface area contributed by atoms with Crippen molar-refractivity contribution < 1.29 is 23.1 Å². The van der Waals surface area contributed by atoms with E-state index in [1.165, 1.54) is 0 Å². The summed E-state index contributed by atoms with van der Waals surface area (Å²) in [7, 11) is -1.24. The van der Waals surface area contributed by atoms with Crippen LogP contribution in [0.3, 0.4) is 0 Å². The summed E-state index contributed by atoms with van der Waals surface area (Å²) >= 11 is 0. The molecule has 1 rings (SSSR count). The fourth-order valence-electron chi connectivity index (χ4n) is 1.97. The second kappa shape index (κ2) is 6.53. The van der Waals surface area contributed by atoms with Gasteiger partial charge in [-0.15, -0.1) is 0 Å². The van der Waals surface area contributed by atoms with Crippen LogP contribution in [0.25, 0.3) is 0 Å². The zero-order chi connectivity index (χ0) is 14.5. The molecule has 0 unspecified atom stereocenters.